The van der Waals surface area contributed by atoms with Gasteiger partial charge in [-0.25, -0.2) is 8.42 Å². The van der Waals surface area contributed by atoms with Gasteiger partial charge in [-0.05, 0) is 40.5 Å². The Bertz CT molecular complexity index is 740. The summed E-state index contributed by atoms with van der Waals surface area (Å²) in [6.07, 6.45) is 3.50. The van der Waals surface area contributed by atoms with Gasteiger partial charge in [0.25, 0.3) is 0 Å². The molecule has 0 radical (unpaired) electrons. The average Bonchev–Trinajstić information content (AvgIpc) is 2.80. The van der Waals surface area contributed by atoms with E-state index in [2.05, 4.69) is 21.0 Å². The van der Waals surface area contributed by atoms with Crippen molar-refractivity contribution in [2.75, 3.05) is 6.54 Å². The van der Waals surface area contributed by atoms with Crippen LogP contribution < -0.4 is 0 Å². The summed E-state index contributed by atoms with van der Waals surface area (Å²) in [5.74, 6) is 0. The Labute approximate surface area is 133 Å². The summed E-state index contributed by atoms with van der Waals surface area (Å²) in [6.45, 7) is 4.47. The van der Waals surface area contributed by atoms with Crippen molar-refractivity contribution in [1.29, 1.82) is 0 Å². The molecule has 0 aliphatic heterocycles. The fourth-order valence-electron chi connectivity index (χ4n) is 2.08. The van der Waals surface area contributed by atoms with Gasteiger partial charge in [-0.1, -0.05) is 13.0 Å². The summed E-state index contributed by atoms with van der Waals surface area (Å²) in [7, 11) is -1.73. The maximum absolute atomic E-state index is 12.8. The van der Waals surface area contributed by atoms with Crippen molar-refractivity contribution in [2.45, 2.75) is 25.3 Å². The van der Waals surface area contributed by atoms with E-state index in [1.807, 2.05) is 33.2 Å². The highest BCUT2D eigenvalue weighted by Gasteiger charge is 2.25. The number of hydrogen-bond acceptors (Lipinski definition) is 3. The van der Waals surface area contributed by atoms with Gasteiger partial charge in [0, 0.05) is 36.4 Å². The van der Waals surface area contributed by atoms with Gasteiger partial charge in [-0.2, -0.15) is 9.40 Å². The minimum Gasteiger partial charge on any atom is -0.275 e. The fourth-order valence-corrected chi connectivity index (χ4v) is 4.67. The number of hydrogen-bond donors (Lipinski definition) is 0. The molecule has 0 saturated carbocycles. The van der Waals surface area contributed by atoms with Crippen LogP contribution in [0.5, 0.6) is 0 Å². The molecule has 2 aromatic rings. The Kier molecular flexibility index (Phi) is 4.85. The highest BCUT2D eigenvalue weighted by molar-refractivity contribution is 9.10. The summed E-state index contributed by atoms with van der Waals surface area (Å²) >= 11 is 3.35. The van der Waals surface area contributed by atoms with Crippen LogP contribution in [0.1, 0.15) is 18.1 Å². The maximum atomic E-state index is 12.8. The van der Waals surface area contributed by atoms with Gasteiger partial charge in [0.05, 0.1) is 11.1 Å². The van der Waals surface area contributed by atoms with E-state index in [-0.39, 0.29) is 0 Å². The smallest absolute Gasteiger partial charge is 0.244 e. The zero-order valence-corrected chi connectivity index (χ0v) is 14.6. The maximum Gasteiger partial charge on any atom is 0.244 e. The van der Waals surface area contributed by atoms with Crippen molar-refractivity contribution < 1.29 is 8.42 Å². The molecular formula is C14H18BrN3O2S. The predicted molar refractivity (Wildman–Crippen MR) is 85.4 cm³/mol. The molecule has 0 fully saturated rings. The molecule has 0 unspecified atom stereocenters. The van der Waals surface area contributed by atoms with E-state index in [4.69, 9.17) is 0 Å². The zero-order valence-electron chi connectivity index (χ0n) is 12.2. The average molecular weight is 372 g/mol. The molecule has 1 heterocycles. The van der Waals surface area contributed by atoms with Crippen molar-refractivity contribution >= 4 is 26.0 Å². The van der Waals surface area contributed by atoms with E-state index in [9.17, 15) is 8.42 Å². The van der Waals surface area contributed by atoms with Crippen LogP contribution in [-0.2, 0) is 23.6 Å². The van der Waals surface area contributed by atoms with E-state index < -0.39 is 10.0 Å². The lowest BCUT2D eigenvalue weighted by atomic mass is 10.2. The Morgan fingerprint density at radius 1 is 1.38 bits per heavy atom. The Hall–Kier alpha value is -1.18. The number of nitrogens with zero attached hydrogens (tertiary/aromatic N) is 3. The van der Waals surface area contributed by atoms with Crippen LogP contribution in [0.15, 0.2) is 40.0 Å². The number of halogens is 1. The monoisotopic (exact) mass is 371 g/mol. The Morgan fingerprint density at radius 2 is 2.10 bits per heavy atom. The first-order valence-electron chi connectivity index (χ1n) is 6.58. The summed E-state index contributed by atoms with van der Waals surface area (Å²) in [6, 6.07) is 5.25. The molecule has 21 heavy (non-hydrogen) atoms. The summed E-state index contributed by atoms with van der Waals surface area (Å²) in [5.41, 5.74) is 1.88. The van der Waals surface area contributed by atoms with Crippen molar-refractivity contribution in [3.05, 3.63) is 46.2 Å². The highest BCUT2D eigenvalue weighted by atomic mass is 79.9. The minimum absolute atomic E-state index is 0.291. The van der Waals surface area contributed by atoms with Gasteiger partial charge in [0.2, 0.25) is 10.0 Å². The van der Waals surface area contributed by atoms with Crippen LogP contribution in [0.4, 0.5) is 0 Å². The van der Waals surface area contributed by atoms with Crippen molar-refractivity contribution in [3.63, 3.8) is 0 Å². The molecule has 2 rings (SSSR count). The first kappa shape index (κ1) is 16.2. The van der Waals surface area contributed by atoms with Gasteiger partial charge >= 0.3 is 0 Å². The second-order valence-electron chi connectivity index (χ2n) is 4.89. The quantitative estimate of drug-likeness (QED) is 0.811. The molecule has 1 aromatic heterocycles. The van der Waals surface area contributed by atoms with E-state index >= 15 is 0 Å². The largest absolute Gasteiger partial charge is 0.275 e. The molecule has 0 aliphatic carbocycles. The van der Waals surface area contributed by atoms with Crippen molar-refractivity contribution in [3.8, 4) is 0 Å². The Morgan fingerprint density at radius 3 is 2.62 bits per heavy atom. The number of benzene rings is 1. The first-order valence-corrected chi connectivity index (χ1v) is 8.81. The number of rotatable bonds is 5. The fraction of sp³-hybridized carbons (Fsp3) is 0.357. The minimum atomic E-state index is -3.54. The second kappa shape index (κ2) is 6.29. The molecule has 0 amide bonds. The lowest BCUT2D eigenvalue weighted by Crippen LogP contribution is -2.30. The SMILES string of the molecule is CCN(Cc1cnn(C)c1)S(=O)(=O)c1ccc(C)cc1Br. The molecule has 0 bridgehead atoms. The van der Waals surface area contributed by atoms with Gasteiger partial charge in [-0.3, -0.25) is 4.68 Å². The van der Waals surface area contributed by atoms with Gasteiger partial charge in [-0.15, -0.1) is 0 Å². The summed E-state index contributed by atoms with van der Waals surface area (Å²) in [5, 5.41) is 4.07. The second-order valence-corrected chi connectivity index (χ2v) is 7.65. The van der Waals surface area contributed by atoms with Crippen molar-refractivity contribution in [2.24, 2.45) is 7.05 Å². The van der Waals surface area contributed by atoms with Gasteiger partial charge in [0.1, 0.15) is 0 Å². The van der Waals surface area contributed by atoms with Gasteiger partial charge < -0.3 is 0 Å². The predicted octanol–water partition coefficient (Wildman–Crippen LogP) is 2.70. The molecule has 114 valence electrons. The van der Waals surface area contributed by atoms with E-state index in [0.29, 0.717) is 22.5 Å². The normalized spacial score (nSPS) is 12.0. The number of aromatic nitrogens is 2. The molecule has 0 N–H and O–H groups in total. The standard InChI is InChI=1S/C14H18BrN3O2S/c1-4-18(10-12-8-16-17(3)9-12)21(19,20)14-6-5-11(2)7-13(14)15/h5-9H,4,10H2,1-3H3. The third kappa shape index (κ3) is 3.53. The van der Waals surface area contributed by atoms with Crippen LogP contribution in [0.2, 0.25) is 0 Å². The molecule has 7 heteroatoms. The molecule has 0 atom stereocenters. The topological polar surface area (TPSA) is 55.2 Å². The van der Waals surface area contributed by atoms with Crippen LogP contribution in [0.25, 0.3) is 0 Å². The molecular weight excluding hydrogens is 354 g/mol. The van der Waals surface area contributed by atoms with Crippen LogP contribution >= 0.6 is 15.9 Å². The van der Waals surface area contributed by atoms with Crippen LogP contribution in [-0.4, -0.2) is 29.0 Å². The summed E-state index contributed by atoms with van der Waals surface area (Å²) < 4.78 is 29.2. The Balaban J connectivity index is 2.35. The molecule has 0 aliphatic rings. The summed E-state index contributed by atoms with van der Waals surface area (Å²) in [4.78, 5) is 0.291. The first-order chi connectivity index (χ1) is 9.84. The lowest BCUT2D eigenvalue weighted by molar-refractivity contribution is 0.423. The third-order valence-electron chi connectivity index (χ3n) is 3.18. The third-order valence-corrected chi connectivity index (χ3v) is 6.07. The van der Waals surface area contributed by atoms with Crippen molar-refractivity contribution in [1.82, 2.24) is 14.1 Å². The molecule has 0 spiro atoms. The number of aryl methyl sites for hydroxylation is 2. The highest BCUT2D eigenvalue weighted by Crippen LogP contribution is 2.26. The molecule has 5 nitrogen and oxygen atoms in total. The van der Waals surface area contributed by atoms with Crippen LogP contribution in [0.3, 0.4) is 0 Å². The van der Waals surface area contributed by atoms with Gasteiger partial charge in [0.15, 0.2) is 0 Å². The molecule has 1 aromatic carbocycles. The van der Waals surface area contributed by atoms with E-state index in [1.54, 1.807) is 23.0 Å². The van der Waals surface area contributed by atoms with E-state index in [0.717, 1.165) is 11.1 Å². The lowest BCUT2D eigenvalue weighted by Gasteiger charge is -2.20. The molecule has 0 saturated heterocycles. The van der Waals surface area contributed by atoms with Crippen LogP contribution in [0, 0.1) is 6.92 Å². The van der Waals surface area contributed by atoms with E-state index in [1.165, 1.54) is 4.31 Å². The zero-order chi connectivity index (χ0) is 15.6. The number of sulfonamides is 1.